The van der Waals surface area contributed by atoms with Crippen molar-refractivity contribution in [2.24, 2.45) is 0 Å². The molecule has 0 atom stereocenters. The van der Waals surface area contributed by atoms with Crippen LogP contribution in [0, 0.1) is 5.82 Å². The Hall–Kier alpha value is -1.55. The second-order valence-corrected chi connectivity index (χ2v) is 6.44. The first-order chi connectivity index (χ1) is 10.1. The minimum atomic E-state index is -0.449. The molecule has 2 aromatic rings. The topological polar surface area (TPSA) is 30.0 Å². The molecule has 1 heterocycles. The molecule has 0 bridgehead atoms. The van der Waals surface area contributed by atoms with Gasteiger partial charge in [-0.25, -0.2) is 4.39 Å². The summed E-state index contributed by atoms with van der Waals surface area (Å²) in [6, 6.07) is 9.99. The third-order valence-electron chi connectivity index (χ3n) is 4.24. The Morgan fingerprint density at radius 2 is 1.90 bits per heavy atom. The molecule has 0 radical (unpaired) electrons. The number of carbonyl (C=O) groups excluding carboxylic acids is 1. The zero-order chi connectivity index (χ0) is 14.9. The molecule has 1 aliphatic carbocycles. The third-order valence-corrected chi connectivity index (χ3v) is 4.71. The van der Waals surface area contributed by atoms with Gasteiger partial charge >= 0.3 is 0 Å². The number of aromatic nitrogens is 1. The van der Waals surface area contributed by atoms with Crippen molar-refractivity contribution in [3.63, 3.8) is 0 Å². The summed E-state index contributed by atoms with van der Waals surface area (Å²) in [5.74, 6) is -0.102. The van der Waals surface area contributed by atoms with Crippen LogP contribution < -0.4 is 0 Å². The number of hydrogen-bond acceptors (Lipinski definition) is 2. The van der Waals surface area contributed by atoms with Gasteiger partial charge < -0.3 is 0 Å². The molecular weight excluding hydrogens is 333 g/mol. The van der Waals surface area contributed by atoms with Crippen LogP contribution in [-0.2, 0) is 16.6 Å². The lowest BCUT2D eigenvalue weighted by atomic mass is 9.62. The van der Waals surface area contributed by atoms with E-state index in [1.165, 1.54) is 12.1 Å². The highest BCUT2D eigenvalue weighted by Crippen LogP contribution is 2.44. The molecule has 1 saturated carbocycles. The molecule has 0 N–H and O–H groups in total. The fourth-order valence-corrected chi connectivity index (χ4v) is 3.06. The highest BCUT2D eigenvalue weighted by Gasteiger charge is 2.46. The van der Waals surface area contributed by atoms with E-state index in [-0.39, 0.29) is 11.6 Å². The van der Waals surface area contributed by atoms with Gasteiger partial charge in [0.05, 0.1) is 11.1 Å². The van der Waals surface area contributed by atoms with Crippen LogP contribution in [0.25, 0.3) is 0 Å². The second-order valence-electron chi connectivity index (χ2n) is 5.52. The van der Waals surface area contributed by atoms with Crippen molar-refractivity contribution in [2.45, 2.75) is 31.1 Å². The average molecular weight is 348 g/mol. The van der Waals surface area contributed by atoms with Gasteiger partial charge in [-0.3, -0.25) is 9.78 Å². The lowest BCUT2D eigenvalue weighted by molar-refractivity contribution is -0.127. The van der Waals surface area contributed by atoms with Gasteiger partial charge in [-0.1, -0.05) is 18.6 Å². The van der Waals surface area contributed by atoms with E-state index in [9.17, 15) is 9.18 Å². The predicted octanol–water partition coefficient (Wildman–Crippen LogP) is 4.22. The zero-order valence-electron chi connectivity index (χ0n) is 11.5. The minimum Gasteiger partial charge on any atom is -0.298 e. The Morgan fingerprint density at radius 1 is 1.19 bits per heavy atom. The minimum absolute atomic E-state index is 0.176. The molecule has 3 rings (SSSR count). The van der Waals surface area contributed by atoms with E-state index in [1.807, 2.05) is 12.1 Å². The molecule has 0 amide bonds. The van der Waals surface area contributed by atoms with Crippen LogP contribution in [0.1, 0.15) is 30.5 Å². The van der Waals surface area contributed by atoms with Crippen molar-refractivity contribution in [1.29, 1.82) is 0 Å². The first-order valence-corrected chi connectivity index (χ1v) is 7.79. The van der Waals surface area contributed by atoms with Gasteiger partial charge in [-0.15, -0.1) is 0 Å². The lowest BCUT2D eigenvalue weighted by Gasteiger charge is -2.40. The van der Waals surface area contributed by atoms with Gasteiger partial charge in [0.1, 0.15) is 11.6 Å². The number of pyridine rings is 1. The van der Waals surface area contributed by atoms with Crippen molar-refractivity contribution >= 4 is 21.7 Å². The smallest absolute Gasteiger partial charge is 0.149 e. The van der Waals surface area contributed by atoms with E-state index in [0.717, 1.165) is 35.0 Å². The van der Waals surface area contributed by atoms with Crippen molar-refractivity contribution in [2.75, 3.05) is 0 Å². The zero-order valence-corrected chi connectivity index (χ0v) is 13.1. The van der Waals surface area contributed by atoms with E-state index in [0.29, 0.717) is 6.42 Å². The fraction of sp³-hybridized carbons (Fsp3) is 0.294. The Morgan fingerprint density at radius 3 is 2.43 bits per heavy atom. The van der Waals surface area contributed by atoms with E-state index in [4.69, 9.17) is 0 Å². The van der Waals surface area contributed by atoms with Gasteiger partial charge in [0.25, 0.3) is 0 Å². The number of ketones is 1. The number of hydrogen-bond donors (Lipinski definition) is 0. The van der Waals surface area contributed by atoms with Gasteiger partial charge in [-0.2, -0.15) is 0 Å². The van der Waals surface area contributed by atoms with Crippen molar-refractivity contribution in [3.8, 4) is 0 Å². The highest BCUT2D eigenvalue weighted by molar-refractivity contribution is 9.10. The van der Waals surface area contributed by atoms with Crippen LogP contribution in [0.15, 0.2) is 47.1 Å². The molecule has 108 valence electrons. The SMILES string of the molecule is O=C(Cc1ccc(F)cc1)C1(c2ccc(Br)cn2)CCC1. The molecule has 4 heteroatoms. The average Bonchev–Trinajstić information content (AvgIpc) is 2.42. The van der Waals surface area contributed by atoms with Crippen molar-refractivity contribution < 1.29 is 9.18 Å². The second kappa shape index (κ2) is 5.68. The molecule has 0 saturated heterocycles. The Bertz CT molecular complexity index is 647. The molecule has 1 aromatic carbocycles. The summed E-state index contributed by atoms with van der Waals surface area (Å²) in [6.07, 6.45) is 4.81. The van der Waals surface area contributed by atoms with Crippen LogP contribution in [0.4, 0.5) is 4.39 Å². The summed E-state index contributed by atoms with van der Waals surface area (Å²) in [4.78, 5) is 17.2. The van der Waals surface area contributed by atoms with E-state index < -0.39 is 5.41 Å². The monoisotopic (exact) mass is 347 g/mol. The lowest BCUT2D eigenvalue weighted by Crippen LogP contribution is -2.44. The molecule has 1 aliphatic rings. The molecule has 0 aliphatic heterocycles. The predicted molar refractivity (Wildman–Crippen MR) is 82.6 cm³/mol. The first-order valence-electron chi connectivity index (χ1n) is 7.00. The molecular formula is C17H15BrFNO. The Balaban J connectivity index is 1.83. The van der Waals surface area contributed by atoms with Crippen molar-refractivity contribution in [1.82, 2.24) is 4.98 Å². The van der Waals surface area contributed by atoms with Gasteiger partial charge in [0.15, 0.2) is 0 Å². The number of nitrogens with zero attached hydrogens (tertiary/aromatic N) is 1. The van der Waals surface area contributed by atoms with Crippen LogP contribution in [0.2, 0.25) is 0 Å². The van der Waals surface area contributed by atoms with E-state index in [1.54, 1.807) is 18.3 Å². The summed E-state index contributed by atoms with van der Waals surface area (Å²) < 4.78 is 13.8. The maximum atomic E-state index is 12.9. The van der Waals surface area contributed by atoms with E-state index in [2.05, 4.69) is 20.9 Å². The van der Waals surface area contributed by atoms with Crippen LogP contribution in [0.3, 0.4) is 0 Å². The molecule has 1 fully saturated rings. The highest BCUT2D eigenvalue weighted by atomic mass is 79.9. The maximum absolute atomic E-state index is 12.9. The van der Waals surface area contributed by atoms with Crippen molar-refractivity contribution in [3.05, 3.63) is 64.1 Å². The standard InChI is InChI=1S/C17H15BrFNO/c18-13-4-7-15(20-11-13)17(8-1-9-17)16(21)10-12-2-5-14(19)6-3-12/h2-7,11H,1,8-10H2. The summed E-state index contributed by atoms with van der Waals surface area (Å²) in [7, 11) is 0. The quantitative estimate of drug-likeness (QED) is 0.828. The number of halogens is 2. The Kier molecular flexibility index (Phi) is 3.89. The molecule has 2 nitrogen and oxygen atoms in total. The van der Waals surface area contributed by atoms with Crippen LogP contribution in [-0.4, -0.2) is 10.8 Å². The summed E-state index contributed by atoms with van der Waals surface area (Å²) in [5.41, 5.74) is 1.25. The maximum Gasteiger partial charge on any atom is 0.149 e. The molecule has 21 heavy (non-hydrogen) atoms. The largest absolute Gasteiger partial charge is 0.298 e. The van der Waals surface area contributed by atoms with Crippen LogP contribution >= 0.6 is 15.9 Å². The van der Waals surface area contributed by atoms with Gasteiger partial charge in [-0.05, 0) is 58.6 Å². The normalized spacial score (nSPS) is 16.3. The molecule has 1 aromatic heterocycles. The fourth-order valence-electron chi connectivity index (χ4n) is 2.82. The molecule has 0 unspecified atom stereocenters. The summed E-state index contributed by atoms with van der Waals surface area (Å²) in [5, 5.41) is 0. The van der Waals surface area contributed by atoms with Gasteiger partial charge in [0.2, 0.25) is 0 Å². The van der Waals surface area contributed by atoms with E-state index >= 15 is 0 Å². The Labute approximate surface area is 131 Å². The summed E-state index contributed by atoms with van der Waals surface area (Å²) >= 11 is 3.37. The van der Waals surface area contributed by atoms with Crippen LogP contribution in [0.5, 0.6) is 0 Å². The van der Waals surface area contributed by atoms with Gasteiger partial charge in [0, 0.05) is 17.1 Å². The number of benzene rings is 1. The third kappa shape index (κ3) is 2.77. The first kappa shape index (κ1) is 14.4. The number of Topliss-reactive ketones (excluding diaryl/α,β-unsaturated/α-hetero) is 1. The molecule has 0 spiro atoms. The summed E-state index contributed by atoms with van der Waals surface area (Å²) in [6.45, 7) is 0. The number of carbonyl (C=O) groups is 1. The number of rotatable bonds is 4.